The van der Waals surface area contributed by atoms with E-state index in [0.29, 0.717) is 11.5 Å². The second-order valence-corrected chi connectivity index (χ2v) is 5.25. The Morgan fingerprint density at radius 1 is 1.04 bits per heavy atom. The van der Waals surface area contributed by atoms with E-state index in [1.165, 1.54) is 5.56 Å². The number of methoxy groups -OCH3 is 1. The lowest BCUT2D eigenvalue weighted by atomic mass is 10.1. The molecule has 2 rings (SSSR count). The van der Waals surface area contributed by atoms with Crippen LogP contribution in [0.2, 0.25) is 0 Å². The van der Waals surface area contributed by atoms with Crippen molar-refractivity contribution in [3.05, 3.63) is 59.7 Å². The number of nitrogens with zero attached hydrogens (tertiary/aromatic N) is 1. The number of aryl methyl sites for hydroxylation is 1. The van der Waals surface area contributed by atoms with Crippen LogP contribution < -0.4 is 14.9 Å². The minimum Gasteiger partial charge on any atom is -0.497 e. The smallest absolute Gasteiger partial charge is 0.277 e. The van der Waals surface area contributed by atoms with Gasteiger partial charge in [0, 0.05) is 0 Å². The van der Waals surface area contributed by atoms with Crippen molar-refractivity contribution in [2.75, 3.05) is 13.7 Å². The number of nitrogens with one attached hydrogen (secondary N) is 1. The molecule has 1 N–H and O–H groups in total. The lowest BCUT2D eigenvalue weighted by Gasteiger charge is -2.07. The van der Waals surface area contributed by atoms with Gasteiger partial charge in [0.15, 0.2) is 6.61 Å². The molecule has 1 amide bonds. The van der Waals surface area contributed by atoms with Gasteiger partial charge in [-0.1, -0.05) is 19.1 Å². The summed E-state index contributed by atoms with van der Waals surface area (Å²) < 4.78 is 10.5. The van der Waals surface area contributed by atoms with E-state index >= 15 is 0 Å². The van der Waals surface area contributed by atoms with Crippen molar-refractivity contribution in [3.63, 3.8) is 0 Å². The molecule has 126 valence electrons. The zero-order valence-electron chi connectivity index (χ0n) is 14.2. The third-order valence-corrected chi connectivity index (χ3v) is 3.56. The summed E-state index contributed by atoms with van der Waals surface area (Å²) in [4.78, 5) is 11.8. The van der Waals surface area contributed by atoms with Gasteiger partial charge in [-0.25, -0.2) is 5.43 Å². The molecule has 5 heteroatoms. The van der Waals surface area contributed by atoms with Gasteiger partial charge >= 0.3 is 0 Å². The number of carbonyl (C=O) groups is 1. The van der Waals surface area contributed by atoms with Crippen LogP contribution in [0.15, 0.2) is 53.6 Å². The van der Waals surface area contributed by atoms with Crippen molar-refractivity contribution in [1.82, 2.24) is 5.43 Å². The molecule has 0 saturated carbocycles. The summed E-state index contributed by atoms with van der Waals surface area (Å²) in [6, 6.07) is 15.2. The van der Waals surface area contributed by atoms with Crippen molar-refractivity contribution in [3.8, 4) is 11.5 Å². The van der Waals surface area contributed by atoms with Gasteiger partial charge in [0.25, 0.3) is 5.91 Å². The molecule has 24 heavy (non-hydrogen) atoms. The number of amides is 1. The predicted molar refractivity (Wildman–Crippen MR) is 94.7 cm³/mol. The van der Waals surface area contributed by atoms with Crippen LogP contribution in [0.1, 0.15) is 25.0 Å². The van der Waals surface area contributed by atoms with E-state index in [1.54, 1.807) is 7.11 Å². The molecular formula is C19H22N2O3. The zero-order valence-corrected chi connectivity index (χ0v) is 14.2. The highest BCUT2D eigenvalue weighted by Gasteiger charge is 2.03. The van der Waals surface area contributed by atoms with Crippen LogP contribution in [0, 0.1) is 0 Å². The molecule has 0 spiro atoms. The summed E-state index contributed by atoms with van der Waals surface area (Å²) in [7, 11) is 1.62. The van der Waals surface area contributed by atoms with E-state index in [0.717, 1.165) is 17.7 Å². The topological polar surface area (TPSA) is 59.9 Å². The Morgan fingerprint density at radius 2 is 1.67 bits per heavy atom. The van der Waals surface area contributed by atoms with Gasteiger partial charge in [0.2, 0.25) is 0 Å². The molecule has 0 radical (unpaired) electrons. The summed E-state index contributed by atoms with van der Waals surface area (Å²) >= 11 is 0. The highest BCUT2D eigenvalue weighted by molar-refractivity contribution is 5.99. The van der Waals surface area contributed by atoms with Crippen LogP contribution in [0.25, 0.3) is 0 Å². The van der Waals surface area contributed by atoms with Crippen LogP contribution in [-0.4, -0.2) is 25.3 Å². The summed E-state index contributed by atoms with van der Waals surface area (Å²) in [5.74, 6) is 1.14. The lowest BCUT2D eigenvalue weighted by Crippen LogP contribution is -2.25. The number of ether oxygens (including phenoxy) is 2. The van der Waals surface area contributed by atoms with Crippen molar-refractivity contribution in [1.29, 1.82) is 0 Å². The van der Waals surface area contributed by atoms with Crippen molar-refractivity contribution in [2.24, 2.45) is 5.10 Å². The highest BCUT2D eigenvalue weighted by atomic mass is 16.5. The highest BCUT2D eigenvalue weighted by Crippen LogP contribution is 2.13. The molecule has 0 unspecified atom stereocenters. The Balaban J connectivity index is 1.84. The molecule has 0 atom stereocenters. The first-order chi connectivity index (χ1) is 11.6. The van der Waals surface area contributed by atoms with Gasteiger partial charge in [-0.3, -0.25) is 4.79 Å². The first-order valence-electron chi connectivity index (χ1n) is 7.81. The lowest BCUT2D eigenvalue weighted by molar-refractivity contribution is -0.123. The Bertz CT molecular complexity index is 692. The summed E-state index contributed by atoms with van der Waals surface area (Å²) in [6.45, 7) is 3.84. The maximum atomic E-state index is 11.8. The second-order valence-electron chi connectivity index (χ2n) is 5.25. The van der Waals surface area contributed by atoms with Gasteiger partial charge in [-0.2, -0.15) is 5.10 Å². The van der Waals surface area contributed by atoms with Gasteiger partial charge in [0.05, 0.1) is 12.8 Å². The Hall–Kier alpha value is -2.82. The summed E-state index contributed by atoms with van der Waals surface area (Å²) in [6.07, 6.45) is 0.972. The van der Waals surface area contributed by atoms with Crippen molar-refractivity contribution >= 4 is 11.6 Å². The Labute approximate surface area is 142 Å². The predicted octanol–water partition coefficient (Wildman–Crippen LogP) is 3.18. The Kier molecular flexibility index (Phi) is 6.37. The average Bonchev–Trinajstić information content (AvgIpc) is 2.64. The largest absolute Gasteiger partial charge is 0.497 e. The van der Waals surface area contributed by atoms with E-state index in [9.17, 15) is 4.79 Å². The second kappa shape index (κ2) is 8.72. The molecular weight excluding hydrogens is 304 g/mol. The SMILES string of the molecule is CCc1ccc(OCC(=O)NN=C(C)c2ccc(OC)cc2)cc1. The quantitative estimate of drug-likeness (QED) is 0.628. The van der Waals surface area contributed by atoms with Crippen molar-refractivity contribution in [2.45, 2.75) is 20.3 Å². The molecule has 0 aromatic heterocycles. The third-order valence-electron chi connectivity index (χ3n) is 3.56. The minimum atomic E-state index is -0.303. The maximum absolute atomic E-state index is 11.8. The van der Waals surface area contributed by atoms with Crippen LogP contribution in [0.5, 0.6) is 11.5 Å². The maximum Gasteiger partial charge on any atom is 0.277 e. The fraction of sp³-hybridized carbons (Fsp3) is 0.263. The number of hydrazone groups is 1. The van der Waals surface area contributed by atoms with E-state index in [4.69, 9.17) is 9.47 Å². The standard InChI is InChI=1S/C19H22N2O3/c1-4-15-5-9-18(10-6-15)24-13-19(22)21-20-14(2)16-7-11-17(23-3)12-8-16/h5-12H,4,13H2,1-3H3,(H,21,22). The van der Waals surface area contributed by atoms with Crippen LogP contribution in [-0.2, 0) is 11.2 Å². The third kappa shape index (κ3) is 5.12. The normalized spacial score (nSPS) is 11.0. The molecule has 0 heterocycles. The van der Waals surface area contributed by atoms with Crippen molar-refractivity contribution < 1.29 is 14.3 Å². The molecule has 5 nitrogen and oxygen atoms in total. The monoisotopic (exact) mass is 326 g/mol. The molecule has 2 aromatic carbocycles. The zero-order chi connectivity index (χ0) is 17.4. The van der Waals surface area contributed by atoms with Crippen LogP contribution in [0.3, 0.4) is 0 Å². The fourth-order valence-electron chi connectivity index (χ4n) is 2.05. The minimum absolute atomic E-state index is 0.0785. The van der Waals surface area contributed by atoms with E-state index < -0.39 is 0 Å². The first kappa shape index (κ1) is 17.5. The average molecular weight is 326 g/mol. The number of carbonyl (C=O) groups excluding carboxylic acids is 1. The first-order valence-corrected chi connectivity index (χ1v) is 7.81. The van der Waals surface area contributed by atoms with Gasteiger partial charge in [0.1, 0.15) is 11.5 Å². The van der Waals surface area contributed by atoms with E-state index in [1.807, 2.05) is 55.5 Å². The Morgan fingerprint density at radius 3 is 2.25 bits per heavy atom. The van der Waals surface area contributed by atoms with Gasteiger partial charge in [-0.15, -0.1) is 0 Å². The van der Waals surface area contributed by atoms with Gasteiger partial charge in [-0.05, 0) is 60.9 Å². The van der Waals surface area contributed by atoms with Crippen LogP contribution >= 0.6 is 0 Å². The molecule has 0 fully saturated rings. The number of benzene rings is 2. The van der Waals surface area contributed by atoms with E-state index in [-0.39, 0.29) is 12.5 Å². The van der Waals surface area contributed by atoms with Gasteiger partial charge < -0.3 is 9.47 Å². The molecule has 0 bridgehead atoms. The summed E-state index contributed by atoms with van der Waals surface area (Å²) in [5, 5.41) is 4.09. The van der Waals surface area contributed by atoms with E-state index in [2.05, 4.69) is 17.5 Å². The number of hydrogen-bond acceptors (Lipinski definition) is 4. The molecule has 0 aliphatic heterocycles. The number of rotatable bonds is 7. The number of hydrogen-bond donors (Lipinski definition) is 1. The molecule has 2 aromatic rings. The molecule has 0 aliphatic carbocycles. The summed E-state index contributed by atoms with van der Waals surface area (Å²) in [5.41, 5.74) is 5.34. The van der Waals surface area contributed by atoms with Crippen LogP contribution in [0.4, 0.5) is 0 Å². The fourth-order valence-corrected chi connectivity index (χ4v) is 2.05. The molecule has 0 aliphatic rings. The molecule has 0 saturated heterocycles.